The van der Waals surface area contributed by atoms with E-state index in [1.165, 1.54) is 24.5 Å². The van der Waals surface area contributed by atoms with Crippen LogP contribution in [0.2, 0.25) is 0 Å². The lowest BCUT2D eigenvalue weighted by Gasteiger charge is -2.08. The minimum absolute atomic E-state index is 0.163. The molecule has 0 bridgehead atoms. The van der Waals surface area contributed by atoms with Gasteiger partial charge in [-0.05, 0) is 42.7 Å². The van der Waals surface area contributed by atoms with Crippen LogP contribution in [0.4, 0.5) is 16.3 Å². The van der Waals surface area contributed by atoms with Gasteiger partial charge < -0.3 is 25.6 Å². The molecule has 1 aromatic carbocycles. The predicted octanol–water partition coefficient (Wildman–Crippen LogP) is 4.60. The van der Waals surface area contributed by atoms with Gasteiger partial charge >= 0.3 is 12.0 Å². The van der Waals surface area contributed by atoms with E-state index in [4.69, 9.17) is 15.3 Å². The number of furan rings is 1. The van der Waals surface area contributed by atoms with E-state index in [1.54, 1.807) is 6.07 Å². The van der Waals surface area contributed by atoms with Crippen LogP contribution in [0.15, 0.2) is 47.4 Å². The van der Waals surface area contributed by atoms with Gasteiger partial charge in [-0.2, -0.15) is 0 Å². The molecule has 0 unspecified atom stereocenters. The molecule has 2 heterocycles. The molecule has 0 spiro atoms. The van der Waals surface area contributed by atoms with E-state index in [-0.39, 0.29) is 23.7 Å². The number of hydrogen-bond acceptors (Lipinski definition) is 5. The Morgan fingerprint density at radius 3 is 2.53 bits per heavy atom. The molecule has 168 valence electrons. The van der Waals surface area contributed by atoms with Crippen molar-refractivity contribution in [1.82, 2.24) is 9.97 Å². The summed E-state index contributed by atoms with van der Waals surface area (Å²) in [6.45, 7) is 5.86. The van der Waals surface area contributed by atoms with Gasteiger partial charge in [0.2, 0.25) is 5.76 Å². The van der Waals surface area contributed by atoms with Crippen LogP contribution in [0.3, 0.4) is 0 Å². The number of amides is 2. The summed E-state index contributed by atoms with van der Waals surface area (Å²) in [5.74, 6) is -0.194. The van der Waals surface area contributed by atoms with Crippen LogP contribution in [0.1, 0.15) is 59.6 Å². The molecule has 0 aliphatic carbocycles. The number of nitrogens with one attached hydrogen (secondary N) is 3. The van der Waals surface area contributed by atoms with Crippen molar-refractivity contribution in [3.63, 3.8) is 0 Å². The van der Waals surface area contributed by atoms with Crippen LogP contribution in [0, 0.1) is 0 Å². The highest BCUT2D eigenvalue weighted by atomic mass is 16.4. The SMILES string of the molecule is C=C(N)c1nc(Cc2ccc(C(=O)O)o2)[nH]c1NC(=O)Nc1ccc(CCCCC)cc1. The topological polar surface area (TPSA) is 146 Å². The Morgan fingerprint density at radius 2 is 1.91 bits per heavy atom. The zero-order valence-corrected chi connectivity index (χ0v) is 17.9. The Balaban J connectivity index is 1.64. The Hall–Kier alpha value is -4.01. The third kappa shape index (κ3) is 6.00. The minimum atomic E-state index is -1.15. The second-order valence-corrected chi connectivity index (χ2v) is 7.41. The first-order valence-electron chi connectivity index (χ1n) is 10.4. The number of nitrogens with two attached hydrogens (primary N) is 1. The number of carboxylic acids is 1. The normalized spacial score (nSPS) is 10.7. The van der Waals surface area contributed by atoms with Crippen LogP contribution in [-0.2, 0) is 12.8 Å². The molecule has 0 saturated carbocycles. The number of hydrogen-bond donors (Lipinski definition) is 5. The minimum Gasteiger partial charge on any atom is -0.475 e. The lowest BCUT2D eigenvalue weighted by molar-refractivity contribution is 0.0660. The number of aromatic carboxylic acids is 1. The second-order valence-electron chi connectivity index (χ2n) is 7.41. The summed E-state index contributed by atoms with van der Waals surface area (Å²) in [6, 6.07) is 10.2. The molecule has 0 aliphatic rings. The zero-order valence-electron chi connectivity index (χ0n) is 17.9. The summed E-state index contributed by atoms with van der Waals surface area (Å²) in [5.41, 5.74) is 8.17. The van der Waals surface area contributed by atoms with Gasteiger partial charge in [-0.3, -0.25) is 5.32 Å². The van der Waals surface area contributed by atoms with E-state index in [2.05, 4.69) is 34.1 Å². The maximum absolute atomic E-state index is 12.5. The fourth-order valence-electron chi connectivity index (χ4n) is 3.19. The number of unbranched alkanes of at least 4 members (excludes halogenated alkanes) is 2. The fourth-order valence-corrected chi connectivity index (χ4v) is 3.19. The molecule has 3 rings (SSSR count). The lowest BCUT2D eigenvalue weighted by Crippen LogP contribution is -2.20. The first-order valence-corrected chi connectivity index (χ1v) is 10.4. The monoisotopic (exact) mass is 437 g/mol. The lowest BCUT2D eigenvalue weighted by atomic mass is 10.1. The van der Waals surface area contributed by atoms with Gasteiger partial charge in [0.05, 0.1) is 12.1 Å². The first-order chi connectivity index (χ1) is 15.4. The number of anilines is 2. The molecule has 0 saturated heterocycles. The summed E-state index contributed by atoms with van der Waals surface area (Å²) < 4.78 is 5.25. The van der Waals surface area contributed by atoms with Gasteiger partial charge in [0.25, 0.3) is 0 Å². The molecule has 2 aromatic heterocycles. The molecule has 9 nitrogen and oxygen atoms in total. The van der Waals surface area contributed by atoms with Crippen LogP contribution < -0.4 is 16.4 Å². The number of carbonyl (C=O) groups is 2. The molecule has 9 heteroatoms. The molecule has 0 fully saturated rings. The summed E-state index contributed by atoms with van der Waals surface area (Å²) >= 11 is 0. The van der Waals surface area contributed by atoms with Gasteiger partial charge in [0.1, 0.15) is 23.1 Å². The van der Waals surface area contributed by atoms with Crippen molar-refractivity contribution in [2.45, 2.75) is 39.0 Å². The molecular weight excluding hydrogens is 410 g/mol. The fraction of sp³-hybridized carbons (Fsp3) is 0.261. The second kappa shape index (κ2) is 10.3. The number of aryl methyl sites for hydroxylation is 1. The number of carboxylic acid groups (broad SMARTS) is 1. The number of urea groups is 1. The van der Waals surface area contributed by atoms with Crippen LogP contribution in [-0.4, -0.2) is 27.1 Å². The van der Waals surface area contributed by atoms with Crippen molar-refractivity contribution in [2.24, 2.45) is 5.73 Å². The summed E-state index contributed by atoms with van der Waals surface area (Å²) in [7, 11) is 0. The average Bonchev–Trinajstić information content (AvgIpc) is 3.37. The number of aromatic amines is 1. The highest BCUT2D eigenvalue weighted by Gasteiger charge is 2.16. The smallest absolute Gasteiger partial charge is 0.371 e. The van der Waals surface area contributed by atoms with Gasteiger partial charge in [-0.25, -0.2) is 14.6 Å². The van der Waals surface area contributed by atoms with Gasteiger partial charge in [-0.1, -0.05) is 38.5 Å². The standard InChI is InChI=1S/C23H27N5O4/c1-3-4-5-6-15-7-9-16(10-8-15)25-23(31)28-21-20(14(2)24)26-19(27-21)13-17-11-12-18(32-17)22(29)30/h7-12H,2-6,13,24H2,1H3,(H,26,27)(H,29,30)(H2,25,28,31). The Morgan fingerprint density at radius 1 is 1.16 bits per heavy atom. The number of H-pyrrole nitrogens is 1. The van der Waals surface area contributed by atoms with Crippen molar-refractivity contribution in [1.29, 1.82) is 0 Å². The Labute approximate surface area is 185 Å². The molecule has 2 amide bonds. The van der Waals surface area contributed by atoms with Gasteiger partial charge in [0, 0.05) is 5.69 Å². The quantitative estimate of drug-likeness (QED) is 0.293. The highest BCUT2D eigenvalue weighted by molar-refractivity contribution is 6.00. The molecule has 0 aliphatic heterocycles. The van der Waals surface area contributed by atoms with Crippen LogP contribution >= 0.6 is 0 Å². The van der Waals surface area contributed by atoms with Crippen molar-refractivity contribution in [3.05, 3.63) is 71.6 Å². The number of aromatic nitrogens is 2. The molecule has 6 N–H and O–H groups in total. The third-order valence-corrected chi connectivity index (χ3v) is 4.79. The third-order valence-electron chi connectivity index (χ3n) is 4.79. The summed E-state index contributed by atoms with van der Waals surface area (Å²) in [4.78, 5) is 30.7. The van der Waals surface area contributed by atoms with E-state index >= 15 is 0 Å². The maximum atomic E-state index is 12.5. The largest absolute Gasteiger partial charge is 0.475 e. The maximum Gasteiger partial charge on any atom is 0.371 e. The Kier molecular flexibility index (Phi) is 7.33. The van der Waals surface area contributed by atoms with Gasteiger partial charge in [-0.15, -0.1) is 0 Å². The van der Waals surface area contributed by atoms with E-state index in [9.17, 15) is 9.59 Å². The van der Waals surface area contributed by atoms with Crippen LogP contribution in [0.5, 0.6) is 0 Å². The van der Waals surface area contributed by atoms with E-state index in [0.717, 1.165) is 12.8 Å². The zero-order chi connectivity index (χ0) is 23.1. The van der Waals surface area contributed by atoms with E-state index in [1.807, 2.05) is 24.3 Å². The number of imidazole rings is 1. The predicted molar refractivity (Wildman–Crippen MR) is 123 cm³/mol. The molecular formula is C23H27N5O4. The van der Waals surface area contributed by atoms with Crippen molar-refractivity contribution in [2.75, 3.05) is 10.6 Å². The van der Waals surface area contributed by atoms with Gasteiger partial charge in [0.15, 0.2) is 0 Å². The number of benzene rings is 1. The Bertz CT molecular complexity index is 1100. The highest BCUT2D eigenvalue weighted by Crippen LogP contribution is 2.21. The van der Waals surface area contributed by atoms with Crippen LogP contribution in [0.25, 0.3) is 5.70 Å². The number of nitrogens with zero attached hydrogens (tertiary/aromatic N) is 1. The molecule has 0 atom stereocenters. The number of carbonyl (C=O) groups excluding carboxylic acids is 1. The summed E-state index contributed by atoms with van der Waals surface area (Å²) in [6.07, 6.45) is 4.73. The first kappa shape index (κ1) is 22.7. The molecule has 32 heavy (non-hydrogen) atoms. The van der Waals surface area contributed by atoms with Crippen molar-refractivity contribution >= 4 is 29.2 Å². The summed E-state index contributed by atoms with van der Waals surface area (Å²) in [5, 5.41) is 14.4. The van der Waals surface area contributed by atoms with Crippen molar-refractivity contribution < 1.29 is 19.1 Å². The van der Waals surface area contributed by atoms with E-state index < -0.39 is 12.0 Å². The van der Waals surface area contributed by atoms with Crippen molar-refractivity contribution in [3.8, 4) is 0 Å². The van der Waals surface area contributed by atoms with E-state index in [0.29, 0.717) is 23.0 Å². The molecule has 0 radical (unpaired) electrons. The number of rotatable bonds is 10. The molecule has 3 aromatic rings. The average molecular weight is 438 g/mol.